The molecule has 3 rings (SSSR count). The Labute approximate surface area is 113 Å². The van der Waals surface area contributed by atoms with Gasteiger partial charge in [-0.05, 0) is 30.9 Å². The minimum Gasteiger partial charge on any atom is -0.481 e. The number of carboxylic acids is 1. The molecule has 1 saturated heterocycles. The second-order valence-corrected chi connectivity index (χ2v) is 5.94. The fourth-order valence-electron chi connectivity index (χ4n) is 3.78. The molecule has 1 N–H and O–H groups in total. The van der Waals surface area contributed by atoms with Crippen molar-refractivity contribution >= 4 is 5.97 Å². The molecule has 2 aliphatic rings. The van der Waals surface area contributed by atoms with Gasteiger partial charge in [-0.2, -0.15) is 0 Å². The Hall–Kier alpha value is -1.29. The van der Waals surface area contributed by atoms with Crippen LogP contribution in [0.4, 0.5) is 0 Å². The van der Waals surface area contributed by atoms with Crippen LogP contribution in [0.1, 0.15) is 37.7 Å². The van der Waals surface area contributed by atoms with Crippen molar-refractivity contribution in [2.75, 3.05) is 13.1 Å². The van der Waals surface area contributed by atoms with Gasteiger partial charge in [0.1, 0.15) is 11.5 Å². The molecule has 0 unspecified atom stereocenters. The largest absolute Gasteiger partial charge is 0.481 e. The van der Waals surface area contributed by atoms with E-state index < -0.39 is 11.4 Å². The lowest BCUT2D eigenvalue weighted by molar-refractivity contribution is -0.149. The molecule has 1 aromatic heterocycles. The van der Waals surface area contributed by atoms with Crippen LogP contribution in [0.15, 0.2) is 16.5 Å². The highest BCUT2D eigenvalue weighted by Crippen LogP contribution is 2.49. The van der Waals surface area contributed by atoms with E-state index in [-0.39, 0.29) is 0 Å². The molecular weight excluding hydrogens is 242 g/mol. The van der Waals surface area contributed by atoms with Gasteiger partial charge < -0.3 is 9.52 Å². The number of aliphatic carboxylic acids is 1. The van der Waals surface area contributed by atoms with Crippen LogP contribution in [0.5, 0.6) is 0 Å². The van der Waals surface area contributed by atoms with Crippen molar-refractivity contribution in [3.05, 3.63) is 23.7 Å². The quantitative estimate of drug-likeness (QED) is 0.907. The third-order valence-corrected chi connectivity index (χ3v) is 4.81. The van der Waals surface area contributed by atoms with Gasteiger partial charge in [-0.1, -0.05) is 13.3 Å². The number of rotatable bonds is 4. The van der Waals surface area contributed by atoms with Gasteiger partial charge in [-0.3, -0.25) is 9.69 Å². The molecule has 4 heteroatoms. The number of carboxylic acid groups (broad SMARTS) is 1. The molecule has 4 nitrogen and oxygen atoms in total. The van der Waals surface area contributed by atoms with Crippen molar-refractivity contribution < 1.29 is 14.3 Å². The minimum absolute atomic E-state index is 0.325. The molecular formula is C15H21NO3. The lowest BCUT2D eigenvalue weighted by Crippen LogP contribution is -2.35. The molecule has 1 saturated carbocycles. The molecule has 1 aliphatic heterocycles. The molecule has 0 radical (unpaired) electrons. The summed E-state index contributed by atoms with van der Waals surface area (Å²) in [6.07, 6.45) is 3.86. The number of carbonyl (C=O) groups is 1. The number of nitrogens with zero attached hydrogens (tertiary/aromatic N) is 1. The number of fused-ring (bicyclic) bond motifs is 1. The average Bonchev–Trinajstić information content (AvgIpc) is 3.02. The van der Waals surface area contributed by atoms with E-state index in [1.807, 2.05) is 12.1 Å². The fraction of sp³-hybridized carbons (Fsp3) is 0.667. The summed E-state index contributed by atoms with van der Waals surface area (Å²) in [6, 6.07) is 4.03. The highest BCUT2D eigenvalue weighted by molar-refractivity contribution is 5.76. The standard InChI is InChI=1S/C15H21NO3/c1-2-12-5-6-13(19-12)9-16-8-11-4-3-7-15(11,10-16)14(17)18/h5-6,11H,2-4,7-10H2,1H3,(H,17,18)/t11-,15+/m0/s1. The van der Waals surface area contributed by atoms with Crippen LogP contribution in [0.3, 0.4) is 0 Å². The molecule has 0 bridgehead atoms. The maximum absolute atomic E-state index is 11.6. The lowest BCUT2D eigenvalue weighted by Gasteiger charge is -2.23. The molecule has 1 aliphatic carbocycles. The normalized spacial score (nSPS) is 30.7. The SMILES string of the molecule is CCc1ccc(CN2C[C@@H]3CCC[C@@]3(C(=O)O)C2)o1. The Kier molecular flexibility index (Phi) is 3.13. The monoisotopic (exact) mass is 263 g/mol. The summed E-state index contributed by atoms with van der Waals surface area (Å²) >= 11 is 0. The zero-order chi connectivity index (χ0) is 13.5. The predicted octanol–water partition coefficient (Wildman–Crippen LogP) is 2.53. The molecule has 2 atom stereocenters. The summed E-state index contributed by atoms with van der Waals surface area (Å²) in [5.41, 5.74) is -0.486. The molecule has 1 aromatic rings. The maximum Gasteiger partial charge on any atom is 0.311 e. The van der Waals surface area contributed by atoms with Gasteiger partial charge in [0.05, 0.1) is 12.0 Å². The van der Waals surface area contributed by atoms with Crippen molar-refractivity contribution in [1.82, 2.24) is 4.90 Å². The molecule has 0 aromatic carbocycles. The van der Waals surface area contributed by atoms with E-state index in [1.54, 1.807) is 0 Å². The Bertz CT molecular complexity index is 481. The van der Waals surface area contributed by atoms with Crippen molar-refractivity contribution in [3.8, 4) is 0 Å². The molecule has 104 valence electrons. The number of hydrogen-bond acceptors (Lipinski definition) is 3. The van der Waals surface area contributed by atoms with Gasteiger partial charge in [0.25, 0.3) is 0 Å². The zero-order valence-corrected chi connectivity index (χ0v) is 11.4. The zero-order valence-electron chi connectivity index (χ0n) is 11.4. The smallest absolute Gasteiger partial charge is 0.311 e. The van der Waals surface area contributed by atoms with Gasteiger partial charge in [0.15, 0.2) is 0 Å². The van der Waals surface area contributed by atoms with Crippen LogP contribution in [0, 0.1) is 11.3 Å². The minimum atomic E-state index is -0.605. The second-order valence-electron chi connectivity index (χ2n) is 5.94. The highest BCUT2D eigenvalue weighted by atomic mass is 16.4. The Morgan fingerprint density at radius 2 is 2.32 bits per heavy atom. The summed E-state index contributed by atoms with van der Waals surface area (Å²) in [7, 11) is 0. The molecule has 19 heavy (non-hydrogen) atoms. The van der Waals surface area contributed by atoms with Crippen LogP contribution in [0.2, 0.25) is 0 Å². The van der Waals surface area contributed by atoms with Gasteiger partial charge in [-0.15, -0.1) is 0 Å². The van der Waals surface area contributed by atoms with Crippen LogP contribution in [-0.4, -0.2) is 29.1 Å². The first kappa shape index (κ1) is 12.7. The van der Waals surface area contributed by atoms with E-state index in [9.17, 15) is 9.90 Å². The third kappa shape index (κ3) is 2.08. The highest BCUT2D eigenvalue weighted by Gasteiger charge is 2.54. The first-order chi connectivity index (χ1) is 9.14. The van der Waals surface area contributed by atoms with E-state index in [4.69, 9.17) is 4.42 Å². The number of aryl methyl sites for hydroxylation is 1. The van der Waals surface area contributed by atoms with Crippen LogP contribution in [-0.2, 0) is 17.8 Å². The van der Waals surface area contributed by atoms with Crippen LogP contribution in [0.25, 0.3) is 0 Å². The lowest BCUT2D eigenvalue weighted by atomic mass is 9.81. The number of hydrogen-bond donors (Lipinski definition) is 1. The van der Waals surface area contributed by atoms with Crippen molar-refractivity contribution in [2.45, 2.75) is 39.2 Å². The van der Waals surface area contributed by atoms with Crippen molar-refractivity contribution in [1.29, 1.82) is 0 Å². The molecule has 2 heterocycles. The molecule has 0 amide bonds. The van der Waals surface area contributed by atoms with Crippen molar-refractivity contribution in [2.24, 2.45) is 11.3 Å². The Balaban J connectivity index is 1.70. The predicted molar refractivity (Wildman–Crippen MR) is 70.8 cm³/mol. The first-order valence-electron chi connectivity index (χ1n) is 7.17. The van der Waals surface area contributed by atoms with Crippen LogP contribution >= 0.6 is 0 Å². The summed E-state index contributed by atoms with van der Waals surface area (Å²) in [5, 5.41) is 9.55. The summed E-state index contributed by atoms with van der Waals surface area (Å²) < 4.78 is 5.72. The van der Waals surface area contributed by atoms with E-state index in [0.29, 0.717) is 12.5 Å². The number of furan rings is 1. The van der Waals surface area contributed by atoms with Gasteiger partial charge in [-0.25, -0.2) is 0 Å². The van der Waals surface area contributed by atoms with Gasteiger partial charge in [0.2, 0.25) is 0 Å². The third-order valence-electron chi connectivity index (χ3n) is 4.81. The van der Waals surface area contributed by atoms with E-state index in [2.05, 4.69) is 11.8 Å². The Morgan fingerprint density at radius 3 is 2.95 bits per heavy atom. The summed E-state index contributed by atoms with van der Waals surface area (Å²) in [6.45, 7) is 4.39. The average molecular weight is 263 g/mol. The topological polar surface area (TPSA) is 53.7 Å². The van der Waals surface area contributed by atoms with E-state index in [1.165, 1.54) is 0 Å². The maximum atomic E-state index is 11.6. The first-order valence-corrected chi connectivity index (χ1v) is 7.17. The number of likely N-dealkylation sites (tertiary alicyclic amines) is 1. The Morgan fingerprint density at radius 1 is 1.53 bits per heavy atom. The van der Waals surface area contributed by atoms with E-state index >= 15 is 0 Å². The van der Waals surface area contributed by atoms with Gasteiger partial charge in [0, 0.05) is 19.5 Å². The van der Waals surface area contributed by atoms with E-state index in [0.717, 1.165) is 50.3 Å². The second kappa shape index (κ2) is 4.67. The summed E-state index contributed by atoms with van der Waals surface area (Å²) in [5.74, 6) is 1.68. The summed E-state index contributed by atoms with van der Waals surface area (Å²) in [4.78, 5) is 13.8. The molecule has 0 spiro atoms. The molecule has 2 fully saturated rings. The van der Waals surface area contributed by atoms with Crippen LogP contribution < -0.4 is 0 Å². The van der Waals surface area contributed by atoms with Gasteiger partial charge >= 0.3 is 5.97 Å². The van der Waals surface area contributed by atoms with Crippen molar-refractivity contribution in [3.63, 3.8) is 0 Å². The fourth-order valence-corrected chi connectivity index (χ4v) is 3.78.